The second kappa shape index (κ2) is 8.92. The van der Waals surface area contributed by atoms with E-state index < -0.39 is 11.7 Å². The van der Waals surface area contributed by atoms with Crippen molar-refractivity contribution < 1.29 is 19.1 Å². The maximum Gasteiger partial charge on any atom is 0.295 e. The summed E-state index contributed by atoms with van der Waals surface area (Å²) in [7, 11) is 0. The smallest absolute Gasteiger partial charge is 0.295 e. The van der Waals surface area contributed by atoms with Gasteiger partial charge >= 0.3 is 0 Å². The number of ether oxygens (including phenoxy) is 1. The molecular formula is C23H23N3O4. The number of nitrogens with one attached hydrogen (secondary N) is 1. The Kier molecular flexibility index (Phi) is 5.90. The van der Waals surface area contributed by atoms with Gasteiger partial charge in [-0.15, -0.1) is 0 Å². The van der Waals surface area contributed by atoms with Crippen LogP contribution in [0.25, 0.3) is 10.9 Å². The van der Waals surface area contributed by atoms with Gasteiger partial charge in [0, 0.05) is 36.7 Å². The summed E-state index contributed by atoms with van der Waals surface area (Å²) in [6, 6.07) is 17.0. The number of carbonyl (C=O) groups excluding carboxylic acids is 3. The van der Waals surface area contributed by atoms with Crippen molar-refractivity contribution in [1.82, 2.24) is 14.8 Å². The number of benzene rings is 2. The molecule has 0 atom stereocenters. The molecule has 2 amide bonds. The van der Waals surface area contributed by atoms with Crippen LogP contribution in [0.15, 0.2) is 60.8 Å². The van der Waals surface area contributed by atoms with Crippen LogP contribution in [0, 0.1) is 0 Å². The first-order valence-corrected chi connectivity index (χ1v) is 9.93. The van der Waals surface area contributed by atoms with Gasteiger partial charge in [-0.25, -0.2) is 0 Å². The number of nitrogens with zero attached hydrogens (tertiary/aromatic N) is 2. The molecule has 1 N–H and O–H groups in total. The van der Waals surface area contributed by atoms with Crippen LogP contribution in [-0.4, -0.2) is 53.4 Å². The third kappa shape index (κ3) is 4.26. The lowest BCUT2D eigenvalue weighted by molar-refractivity contribution is -0.130. The van der Waals surface area contributed by atoms with E-state index in [1.807, 2.05) is 48.5 Å². The number of hydrogen-bond donors (Lipinski definition) is 1. The van der Waals surface area contributed by atoms with Gasteiger partial charge in [0.25, 0.3) is 11.7 Å². The van der Waals surface area contributed by atoms with E-state index in [2.05, 4.69) is 5.32 Å². The largest absolute Gasteiger partial charge is 0.378 e. The Morgan fingerprint density at radius 3 is 2.40 bits per heavy atom. The summed E-state index contributed by atoms with van der Waals surface area (Å²) in [6.45, 7) is 2.17. The fourth-order valence-electron chi connectivity index (χ4n) is 3.59. The van der Waals surface area contributed by atoms with E-state index in [9.17, 15) is 14.4 Å². The summed E-state index contributed by atoms with van der Waals surface area (Å²) in [5.41, 5.74) is 2.07. The van der Waals surface area contributed by atoms with Gasteiger partial charge in [0.2, 0.25) is 5.91 Å². The minimum atomic E-state index is -0.559. The number of aromatic nitrogens is 1. The molecule has 1 aliphatic rings. The van der Waals surface area contributed by atoms with Crippen LogP contribution in [-0.2, 0) is 27.4 Å². The number of hydrogen-bond acceptors (Lipinski definition) is 4. The van der Waals surface area contributed by atoms with Gasteiger partial charge < -0.3 is 19.5 Å². The molecule has 0 aliphatic carbocycles. The molecule has 2 aromatic carbocycles. The molecule has 1 saturated heterocycles. The van der Waals surface area contributed by atoms with Crippen LogP contribution < -0.4 is 5.32 Å². The first kappa shape index (κ1) is 19.8. The van der Waals surface area contributed by atoms with Crippen molar-refractivity contribution in [3.8, 4) is 0 Å². The lowest BCUT2D eigenvalue weighted by atomic mass is 10.1. The zero-order valence-electron chi connectivity index (χ0n) is 16.5. The van der Waals surface area contributed by atoms with Crippen LogP contribution in [0.2, 0.25) is 0 Å². The predicted octanol–water partition coefficient (Wildman–Crippen LogP) is 2.00. The Balaban J connectivity index is 1.52. The first-order chi connectivity index (χ1) is 14.6. The average Bonchev–Trinajstić information content (AvgIpc) is 3.16. The molecule has 3 aromatic rings. The molecule has 0 bridgehead atoms. The van der Waals surface area contributed by atoms with Gasteiger partial charge in [-0.2, -0.15) is 0 Å². The van der Waals surface area contributed by atoms with Crippen molar-refractivity contribution in [1.29, 1.82) is 0 Å². The molecule has 2 heterocycles. The molecule has 0 unspecified atom stereocenters. The van der Waals surface area contributed by atoms with Crippen molar-refractivity contribution in [2.45, 2.75) is 13.1 Å². The van der Waals surface area contributed by atoms with Crippen LogP contribution >= 0.6 is 0 Å². The highest BCUT2D eigenvalue weighted by atomic mass is 16.5. The van der Waals surface area contributed by atoms with Gasteiger partial charge in [0.1, 0.15) is 6.54 Å². The quantitative estimate of drug-likeness (QED) is 0.503. The van der Waals surface area contributed by atoms with Crippen LogP contribution in [0.5, 0.6) is 0 Å². The Morgan fingerprint density at radius 2 is 1.63 bits per heavy atom. The Labute approximate surface area is 174 Å². The Hall–Kier alpha value is -3.45. The van der Waals surface area contributed by atoms with E-state index in [1.165, 1.54) is 4.90 Å². The van der Waals surface area contributed by atoms with Gasteiger partial charge in [0.05, 0.1) is 18.8 Å². The average molecular weight is 405 g/mol. The van der Waals surface area contributed by atoms with Crippen LogP contribution in [0.3, 0.4) is 0 Å². The molecule has 30 heavy (non-hydrogen) atoms. The zero-order valence-corrected chi connectivity index (χ0v) is 16.5. The van der Waals surface area contributed by atoms with Crippen molar-refractivity contribution in [2.24, 2.45) is 0 Å². The number of Topliss-reactive ketones (excluding diaryl/α,β-unsaturated/α-hetero) is 1. The topological polar surface area (TPSA) is 80.6 Å². The summed E-state index contributed by atoms with van der Waals surface area (Å²) < 4.78 is 6.97. The molecule has 7 nitrogen and oxygen atoms in total. The number of amides is 2. The van der Waals surface area contributed by atoms with Gasteiger partial charge in [-0.05, 0) is 11.6 Å². The highest BCUT2D eigenvalue weighted by Gasteiger charge is 2.27. The molecule has 154 valence electrons. The minimum absolute atomic E-state index is 0.0619. The Morgan fingerprint density at radius 1 is 0.933 bits per heavy atom. The van der Waals surface area contributed by atoms with Crippen molar-refractivity contribution >= 4 is 28.5 Å². The van der Waals surface area contributed by atoms with Crippen LogP contribution in [0.4, 0.5) is 0 Å². The molecule has 0 spiro atoms. The lowest BCUT2D eigenvalue weighted by Gasteiger charge is -2.25. The van der Waals surface area contributed by atoms with E-state index >= 15 is 0 Å². The van der Waals surface area contributed by atoms with Crippen molar-refractivity contribution in [2.75, 3.05) is 26.3 Å². The normalized spacial score (nSPS) is 13.9. The van der Waals surface area contributed by atoms with Gasteiger partial charge in [-0.3, -0.25) is 14.4 Å². The highest BCUT2D eigenvalue weighted by molar-refractivity contribution is 6.44. The van der Waals surface area contributed by atoms with E-state index in [1.54, 1.807) is 16.8 Å². The lowest BCUT2D eigenvalue weighted by Crippen LogP contribution is -2.44. The van der Waals surface area contributed by atoms with Gasteiger partial charge in [-0.1, -0.05) is 48.5 Å². The first-order valence-electron chi connectivity index (χ1n) is 9.93. The van der Waals surface area contributed by atoms with Crippen LogP contribution in [0.1, 0.15) is 15.9 Å². The molecule has 1 aliphatic heterocycles. The zero-order chi connectivity index (χ0) is 20.9. The number of morpholine rings is 1. The second-order valence-corrected chi connectivity index (χ2v) is 7.18. The number of ketones is 1. The number of fused-ring (bicyclic) bond motifs is 1. The molecule has 1 fully saturated rings. The SMILES string of the molecule is O=C(Cn1cc(C(=O)C(=O)N2CCOCC2)c2ccccc21)NCc1ccccc1. The van der Waals surface area contributed by atoms with Crippen molar-refractivity contribution in [3.63, 3.8) is 0 Å². The van der Waals surface area contributed by atoms with E-state index in [0.717, 1.165) is 11.1 Å². The molecule has 7 heteroatoms. The third-order valence-electron chi connectivity index (χ3n) is 5.17. The maximum absolute atomic E-state index is 12.9. The van der Waals surface area contributed by atoms with E-state index in [-0.39, 0.29) is 12.5 Å². The summed E-state index contributed by atoms with van der Waals surface area (Å²) in [5, 5.41) is 3.56. The second-order valence-electron chi connectivity index (χ2n) is 7.18. The minimum Gasteiger partial charge on any atom is -0.378 e. The number of para-hydroxylation sites is 1. The molecule has 1 aromatic heterocycles. The summed E-state index contributed by atoms with van der Waals surface area (Å²) >= 11 is 0. The maximum atomic E-state index is 12.9. The standard InChI is InChI=1S/C23H23N3O4/c27-21(24-14-17-6-2-1-3-7-17)16-26-15-19(18-8-4-5-9-20(18)26)22(28)23(29)25-10-12-30-13-11-25/h1-9,15H,10-14,16H2,(H,24,27). The van der Waals surface area contributed by atoms with Crippen molar-refractivity contribution in [3.05, 3.63) is 71.9 Å². The molecule has 0 radical (unpaired) electrons. The predicted molar refractivity (Wildman–Crippen MR) is 112 cm³/mol. The van der Waals surface area contributed by atoms with E-state index in [0.29, 0.717) is 43.8 Å². The summed E-state index contributed by atoms with van der Waals surface area (Å²) in [6.07, 6.45) is 1.60. The Bertz CT molecular complexity index is 1070. The summed E-state index contributed by atoms with van der Waals surface area (Å²) in [5.74, 6) is -1.26. The highest BCUT2D eigenvalue weighted by Crippen LogP contribution is 2.22. The molecular weight excluding hydrogens is 382 g/mol. The fraction of sp³-hybridized carbons (Fsp3) is 0.261. The molecule has 0 saturated carbocycles. The number of rotatable bonds is 6. The fourth-order valence-corrected chi connectivity index (χ4v) is 3.59. The summed E-state index contributed by atoms with van der Waals surface area (Å²) in [4.78, 5) is 39.6. The third-order valence-corrected chi connectivity index (χ3v) is 5.17. The molecule has 4 rings (SSSR count). The number of carbonyl (C=O) groups is 3. The van der Waals surface area contributed by atoms with E-state index in [4.69, 9.17) is 4.74 Å². The monoisotopic (exact) mass is 405 g/mol. The van der Waals surface area contributed by atoms with Gasteiger partial charge in [0.15, 0.2) is 0 Å².